The van der Waals surface area contributed by atoms with Crippen molar-refractivity contribution < 1.29 is 26.7 Å². The van der Waals surface area contributed by atoms with E-state index >= 15 is 0 Å². The van der Waals surface area contributed by atoms with Gasteiger partial charge in [0, 0.05) is 11.6 Å². The number of aromatic hydroxyl groups is 1. The molecule has 146 valence electrons. The minimum Gasteiger partial charge on any atom is -0.507 e. The predicted molar refractivity (Wildman–Crippen MR) is 94.8 cm³/mol. The molecule has 1 aliphatic heterocycles. The fourth-order valence-corrected chi connectivity index (χ4v) is 4.67. The second kappa shape index (κ2) is 7.49. The number of rotatable bonds is 4. The van der Waals surface area contributed by atoms with Crippen molar-refractivity contribution in [2.45, 2.75) is 30.0 Å². The van der Waals surface area contributed by atoms with Crippen molar-refractivity contribution in [3.05, 3.63) is 48.0 Å². The maximum Gasteiger partial charge on any atom is 0.421 e. The summed E-state index contributed by atoms with van der Waals surface area (Å²) in [7, 11) is -4.45. The molecule has 0 bridgehead atoms. The Morgan fingerprint density at radius 1 is 1.04 bits per heavy atom. The first-order valence-corrected chi connectivity index (χ1v) is 9.90. The summed E-state index contributed by atoms with van der Waals surface area (Å²) in [6, 6.07) is 9.63. The van der Waals surface area contributed by atoms with Crippen molar-refractivity contribution in [2.24, 2.45) is 0 Å². The van der Waals surface area contributed by atoms with Crippen LogP contribution in [0.25, 0.3) is 11.1 Å². The summed E-state index contributed by atoms with van der Waals surface area (Å²) >= 11 is 0. The summed E-state index contributed by atoms with van der Waals surface area (Å²) in [4.78, 5) is -0.967. The predicted octanol–water partition coefficient (Wildman–Crippen LogP) is 3.11. The van der Waals surface area contributed by atoms with Gasteiger partial charge in [-0.1, -0.05) is 30.3 Å². The van der Waals surface area contributed by atoms with Crippen molar-refractivity contribution in [3.8, 4) is 16.9 Å². The van der Waals surface area contributed by atoms with Crippen LogP contribution in [-0.2, 0) is 16.2 Å². The van der Waals surface area contributed by atoms with Crippen LogP contribution in [0.3, 0.4) is 0 Å². The van der Waals surface area contributed by atoms with Gasteiger partial charge in [-0.05, 0) is 43.6 Å². The lowest BCUT2D eigenvalue weighted by Gasteiger charge is -2.25. The maximum atomic E-state index is 13.7. The zero-order valence-corrected chi connectivity index (χ0v) is 15.1. The Bertz CT molecular complexity index is 909. The van der Waals surface area contributed by atoms with Gasteiger partial charge in [0.2, 0.25) is 10.0 Å². The van der Waals surface area contributed by atoms with Gasteiger partial charge in [-0.15, -0.1) is 0 Å². The molecule has 1 heterocycles. The number of benzene rings is 2. The molecule has 0 saturated carbocycles. The molecule has 0 spiro atoms. The van der Waals surface area contributed by atoms with Gasteiger partial charge in [-0.25, -0.2) is 13.1 Å². The number of hydrogen-bond acceptors (Lipinski definition) is 4. The van der Waals surface area contributed by atoms with Gasteiger partial charge in [-0.3, -0.25) is 0 Å². The number of piperidine rings is 1. The molecule has 0 amide bonds. The molecule has 27 heavy (non-hydrogen) atoms. The van der Waals surface area contributed by atoms with E-state index in [1.54, 1.807) is 18.2 Å². The Morgan fingerprint density at radius 2 is 1.67 bits per heavy atom. The van der Waals surface area contributed by atoms with E-state index in [2.05, 4.69) is 10.0 Å². The maximum absolute atomic E-state index is 13.7. The molecule has 0 radical (unpaired) electrons. The lowest BCUT2D eigenvalue weighted by atomic mass is 10.0. The third-order valence-corrected chi connectivity index (χ3v) is 6.02. The SMILES string of the molecule is O=S(=O)(NC1CCNCC1)c1ccc(-c2ccccc2)c(O)c1C(F)(F)F. The van der Waals surface area contributed by atoms with Crippen LogP contribution in [0.2, 0.25) is 0 Å². The molecule has 3 rings (SSSR count). The van der Waals surface area contributed by atoms with Gasteiger partial charge in [-0.2, -0.15) is 13.2 Å². The van der Waals surface area contributed by atoms with E-state index in [-0.39, 0.29) is 5.56 Å². The normalized spacial score (nSPS) is 16.4. The number of alkyl halides is 3. The van der Waals surface area contributed by atoms with Gasteiger partial charge >= 0.3 is 6.18 Å². The Kier molecular flexibility index (Phi) is 5.45. The third kappa shape index (κ3) is 4.26. The molecule has 2 aromatic rings. The van der Waals surface area contributed by atoms with E-state index < -0.39 is 38.4 Å². The molecule has 1 fully saturated rings. The molecule has 0 atom stereocenters. The van der Waals surface area contributed by atoms with Gasteiger partial charge in [0.15, 0.2) is 0 Å². The van der Waals surface area contributed by atoms with Crippen LogP contribution >= 0.6 is 0 Å². The Balaban J connectivity index is 2.08. The zero-order chi connectivity index (χ0) is 19.7. The highest BCUT2D eigenvalue weighted by molar-refractivity contribution is 7.89. The van der Waals surface area contributed by atoms with Gasteiger partial charge in [0.1, 0.15) is 11.3 Å². The van der Waals surface area contributed by atoms with Gasteiger partial charge < -0.3 is 10.4 Å². The molecule has 1 aliphatic rings. The molecule has 9 heteroatoms. The molecule has 1 saturated heterocycles. The Labute approximate surface area is 155 Å². The number of nitrogens with one attached hydrogen (secondary N) is 2. The van der Waals surface area contributed by atoms with Crippen molar-refractivity contribution in [3.63, 3.8) is 0 Å². The highest BCUT2D eigenvalue weighted by Crippen LogP contribution is 2.44. The summed E-state index contributed by atoms with van der Waals surface area (Å²) in [6.07, 6.45) is -4.07. The molecule has 5 nitrogen and oxygen atoms in total. The van der Waals surface area contributed by atoms with Crippen LogP contribution in [0.4, 0.5) is 13.2 Å². The largest absolute Gasteiger partial charge is 0.507 e. The van der Waals surface area contributed by atoms with E-state index in [0.717, 1.165) is 6.07 Å². The average Bonchev–Trinajstić information content (AvgIpc) is 2.61. The van der Waals surface area contributed by atoms with E-state index in [0.29, 0.717) is 31.5 Å². The first kappa shape index (κ1) is 19.7. The smallest absolute Gasteiger partial charge is 0.421 e. The van der Waals surface area contributed by atoms with E-state index in [9.17, 15) is 26.7 Å². The molecule has 0 aliphatic carbocycles. The van der Waals surface area contributed by atoms with Crippen LogP contribution in [0.1, 0.15) is 18.4 Å². The fourth-order valence-electron chi connectivity index (χ4n) is 3.14. The second-order valence-corrected chi connectivity index (χ2v) is 8.03. The molecule has 0 unspecified atom stereocenters. The third-order valence-electron chi connectivity index (χ3n) is 4.46. The molecule has 0 aromatic heterocycles. The van der Waals surface area contributed by atoms with E-state index in [4.69, 9.17) is 0 Å². The van der Waals surface area contributed by atoms with Crippen LogP contribution in [0.5, 0.6) is 5.75 Å². The average molecular weight is 400 g/mol. The number of phenols is 1. The summed E-state index contributed by atoms with van der Waals surface area (Å²) < 4.78 is 68.5. The molecule has 3 N–H and O–H groups in total. The van der Waals surface area contributed by atoms with E-state index in [1.807, 2.05) is 0 Å². The Hall–Kier alpha value is -2.10. The summed E-state index contributed by atoms with van der Waals surface area (Å²) in [5.74, 6) is -1.10. The first-order valence-electron chi connectivity index (χ1n) is 8.42. The van der Waals surface area contributed by atoms with Gasteiger partial charge in [0.25, 0.3) is 0 Å². The lowest BCUT2D eigenvalue weighted by Crippen LogP contribution is -2.43. The van der Waals surface area contributed by atoms with Crippen LogP contribution in [-0.4, -0.2) is 32.7 Å². The number of halogens is 3. The summed E-state index contributed by atoms with van der Waals surface area (Å²) in [5, 5.41) is 13.4. The van der Waals surface area contributed by atoms with Gasteiger partial charge in [0.05, 0.1) is 4.90 Å². The Morgan fingerprint density at radius 3 is 2.26 bits per heavy atom. The zero-order valence-electron chi connectivity index (χ0n) is 14.3. The highest BCUT2D eigenvalue weighted by Gasteiger charge is 2.41. The second-order valence-electron chi connectivity index (χ2n) is 6.34. The fraction of sp³-hybridized carbons (Fsp3) is 0.333. The minimum atomic E-state index is -5.03. The van der Waals surface area contributed by atoms with Crippen molar-refractivity contribution in [1.82, 2.24) is 10.0 Å². The molecular weight excluding hydrogens is 381 g/mol. The van der Waals surface area contributed by atoms with Crippen molar-refractivity contribution in [2.75, 3.05) is 13.1 Å². The van der Waals surface area contributed by atoms with Crippen LogP contribution in [0, 0.1) is 0 Å². The summed E-state index contributed by atoms with van der Waals surface area (Å²) in [6.45, 7) is 1.16. The highest BCUT2D eigenvalue weighted by atomic mass is 32.2. The van der Waals surface area contributed by atoms with Crippen molar-refractivity contribution >= 4 is 10.0 Å². The lowest BCUT2D eigenvalue weighted by molar-refractivity contribution is -0.141. The number of sulfonamides is 1. The van der Waals surface area contributed by atoms with Crippen LogP contribution in [0.15, 0.2) is 47.4 Å². The standard InChI is InChI=1S/C18H19F3N2O3S/c19-18(20,21)16-15(27(25,26)23-13-8-10-22-11-9-13)7-6-14(17(16)24)12-4-2-1-3-5-12/h1-7,13,22-24H,8-11H2. The minimum absolute atomic E-state index is 0.0799. The van der Waals surface area contributed by atoms with Crippen LogP contribution < -0.4 is 10.0 Å². The topological polar surface area (TPSA) is 78.4 Å². The molecule has 2 aromatic carbocycles. The van der Waals surface area contributed by atoms with Crippen molar-refractivity contribution in [1.29, 1.82) is 0 Å². The number of phenolic OH excluding ortho intramolecular Hbond substituents is 1. The molecular formula is C18H19F3N2O3S. The monoisotopic (exact) mass is 400 g/mol. The van der Waals surface area contributed by atoms with E-state index in [1.165, 1.54) is 18.2 Å². The quantitative estimate of drug-likeness (QED) is 0.737. The first-order chi connectivity index (χ1) is 12.7. The number of hydrogen-bond donors (Lipinski definition) is 3. The summed E-state index contributed by atoms with van der Waals surface area (Å²) in [5.41, 5.74) is -1.27.